The molecule has 0 unspecified atom stereocenters. The van der Waals surface area contributed by atoms with Crippen molar-refractivity contribution in [1.29, 1.82) is 21.0 Å². The van der Waals surface area contributed by atoms with E-state index >= 15 is 0 Å². The van der Waals surface area contributed by atoms with Gasteiger partial charge >= 0.3 is 6.18 Å². The first-order chi connectivity index (χ1) is 35.0. The van der Waals surface area contributed by atoms with Gasteiger partial charge in [-0.2, -0.15) is 34.2 Å². The van der Waals surface area contributed by atoms with Crippen molar-refractivity contribution >= 4 is 55.0 Å². The van der Waals surface area contributed by atoms with Crippen molar-refractivity contribution in [2.24, 2.45) is 0 Å². The van der Waals surface area contributed by atoms with Crippen LogP contribution in [0.25, 0.3) is 109 Å². The van der Waals surface area contributed by atoms with Gasteiger partial charge in [-0.1, -0.05) is 91.0 Å². The number of hydrogen-bond acceptors (Lipinski definition) is 4. The van der Waals surface area contributed by atoms with Crippen LogP contribution in [0.3, 0.4) is 0 Å². The summed E-state index contributed by atoms with van der Waals surface area (Å²) in [6.45, 7) is 15.4. The Morgan fingerprint density at radius 1 is 0.403 bits per heavy atom. The Labute approximate surface area is 409 Å². The maximum absolute atomic E-state index is 14.0. The van der Waals surface area contributed by atoms with Gasteiger partial charge < -0.3 is 9.13 Å². The van der Waals surface area contributed by atoms with Crippen LogP contribution in [0.4, 0.5) is 24.5 Å². The van der Waals surface area contributed by atoms with Crippen LogP contribution in [0.15, 0.2) is 176 Å². The molecule has 11 rings (SSSR count). The van der Waals surface area contributed by atoms with Crippen molar-refractivity contribution in [3.05, 3.63) is 227 Å². The molecular formula is C61H29F3N8. The second-order valence-electron chi connectivity index (χ2n) is 17.0. The Hall–Kier alpha value is -10.7. The van der Waals surface area contributed by atoms with E-state index in [2.05, 4.69) is 37.0 Å². The van der Waals surface area contributed by atoms with E-state index < -0.39 is 11.7 Å². The zero-order valence-corrected chi connectivity index (χ0v) is 37.5. The highest BCUT2D eigenvalue weighted by Gasteiger charge is 2.31. The summed E-state index contributed by atoms with van der Waals surface area (Å²) >= 11 is 0. The molecule has 0 atom stereocenters. The number of hydrogen-bond donors (Lipinski definition) is 0. The maximum Gasteiger partial charge on any atom is 0.416 e. The number of nitriles is 4. The molecule has 0 saturated heterocycles. The lowest BCUT2D eigenvalue weighted by Crippen LogP contribution is -2.05. The van der Waals surface area contributed by atoms with Crippen LogP contribution >= 0.6 is 0 Å². The van der Waals surface area contributed by atoms with E-state index in [1.165, 1.54) is 6.07 Å². The lowest BCUT2D eigenvalue weighted by Gasteiger charge is -2.20. The summed E-state index contributed by atoms with van der Waals surface area (Å²) in [5.41, 5.74) is 10.2. The average Bonchev–Trinajstić information content (AvgIpc) is 3.93. The van der Waals surface area contributed by atoms with Crippen molar-refractivity contribution in [2.45, 2.75) is 6.18 Å². The van der Waals surface area contributed by atoms with Crippen molar-refractivity contribution < 1.29 is 13.2 Å². The quantitative estimate of drug-likeness (QED) is 0.154. The summed E-state index contributed by atoms with van der Waals surface area (Å²) < 4.78 is 46.3. The first kappa shape index (κ1) is 43.9. The molecule has 11 heteroatoms. The minimum absolute atomic E-state index is 0.159. The lowest BCUT2D eigenvalue weighted by molar-refractivity contribution is -0.137. The fourth-order valence-corrected chi connectivity index (χ4v) is 9.88. The van der Waals surface area contributed by atoms with Crippen LogP contribution < -0.4 is 0 Å². The van der Waals surface area contributed by atoms with Gasteiger partial charge in [-0.25, -0.2) is 9.69 Å². The number of benzene rings is 9. The number of rotatable bonds is 6. The third-order valence-electron chi connectivity index (χ3n) is 13.1. The summed E-state index contributed by atoms with van der Waals surface area (Å²) in [6, 6.07) is 60.4. The predicted octanol–water partition coefficient (Wildman–Crippen LogP) is 16.2. The highest BCUT2D eigenvalue weighted by Crippen LogP contribution is 2.45. The largest absolute Gasteiger partial charge is 0.416 e. The van der Waals surface area contributed by atoms with E-state index in [1.807, 2.05) is 115 Å². The molecule has 2 aromatic heterocycles. The normalized spacial score (nSPS) is 11.2. The van der Waals surface area contributed by atoms with E-state index in [0.29, 0.717) is 72.8 Å². The number of aromatic nitrogens is 2. The summed E-state index contributed by atoms with van der Waals surface area (Å²) in [5, 5.41) is 44.0. The van der Waals surface area contributed by atoms with Gasteiger partial charge in [0.1, 0.15) is 0 Å². The second kappa shape index (κ2) is 17.1. The molecule has 0 aliphatic rings. The van der Waals surface area contributed by atoms with E-state index in [-0.39, 0.29) is 5.56 Å². The third kappa shape index (κ3) is 7.12. The molecule has 72 heavy (non-hydrogen) atoms. The zero-order valence-electron chi connectivity index (χ0n) is 37.5. The fourth-order valence-electron chi connectivity index (χ4n) is 9.88. The molecule has 334 valence electrons. The van der Waals surface area contributed by atoms with Crippen molar-refractivity contribution in [2.75, 3.05) is 0 Å². The standard InChI is InChI=1S/C61H29F3N8/c1-69-44-17-21-47(54(31-44)70-2)39-15-24-58-53(29-39)48-7-3-5-9-55(48)71(58)57-22-12-37(33-66)26-51(57)50-19-13-40(46-20-16-43(61(62,63)64)27-42(46)35-68)30-60(50)72-56-10-6-4-8-49(56)52-28-38(14-23-59(52)72)45-18-11-36(32-65)25-41(45)34-67/h3-31H. The Kier molecular flexibility index (Phi) is 10.4. The molecule has 0 radical (unpaired) electrons. The van der Waals surface area contributed by atoms with E-state index in [0.717, 1.165) is 66.9 Å². The van der Waals surface area contributed by atoms with Crippen LogP contribution in [0, 0.1) is 58.5 Å². The van der Waals surface area contributed by atoms with Crippen LogP contribution in [-0.4, -0.2) is 9.13 Å². The third-order valence-corrected chi connectivity index (χ3v) is 13.1. The molecule has 8 nitrogen and oxygen atoms in total. The van der Waals surface area contributed by atoms with Gasteiger partial charge in [0.25, 0.3) is 0 Å². The van der Waals surface area contributed by atoms with Crippen molar-refractivity contribution in [3.63, 3.8) is 0 Å². The average molecular weight is 931 g/mol. The summed E-state index contributed by atoms with van der Waals surface area (Å²) in [5.74, 6) is 0. The van der Waals surface area contributed by atoms with Crippen molar-refractivity contribution in [3.8, 4) is 80.2 Å². The fraction of sp³-hybridized carbons (Fsp3) is 0.0164. The predicted molar refractivity (Wildman–Crippen MR) is 273 cm³/mol. The number of halogens is 3. The zero-order chi connectivity index (χ0) is 49.8. The Morgan fingerprint density at radius 3 is 1.53 bits per heavy atom. The molecule has 0 amide bonds. The Morgan fingerprint density at radius 2 is 0.917 bits per heavy atom. The minimum Gasteiger partial charge on any atom is -0.309 e. The van der Waals surface area contributed by atoms with Crippen LogP contribution in [-0.2, 0) is 6.18 Å². The highest BCUT2D eigenvalue weighted by molar-refractivity contribution is 6.13. The summed E-state index contributed by atoms with van der Waals surface area (Å²) in [4.78, 5) is 7.27. The molecule has 0 aliphatic heterocycles. The van der Waals surface area contributed by atoms with Crippen LogP contribution in [0.5, 0.6) is 0 Å². The van der Waals surface area contributed by atoms with E-state index in [1.54, 1.807) is 48.5 Å². The van der Waals surface area contributed by atoms with Gasteiger partial charge in [-0.3, -0.25) is 0 Å². The van der Waals surface area contributed by atoms with Gasteiger partial charge in [-0.05, 0) is 118 Å². The summed E-state index contributed by atoms with van der Waals surface area (Å²) in [6.07, 6.45) is -4.67. The molecule has 0 N–H and O–H groups in total. The van der Waals surface area contributed by atoms with Gasteiger partial charge in [0.15, 0.2) is 11.4 Å². The molecule has 11 aromatic rings. The number of alkyl halides is 3. The van der Waals surface area contributed by atoms with Crippen LogP contribution in [0.1, 0.15) is 27.8 Å². The SMILES string of the molecule is [C-]#[N+]c1ccc(-c2ccc3c(c2)c2ccccc2n3-c2ccc(C#N)cc2-c2ccc(-c3ccc(C(F)(F)F)cc3C#N)cc2-n2c3ccccc3c3cc(-c4ccc(C#N)cc4C#N)ccc32)c([N+]#[C-])c1. The monoisotopic (exact) mass is 930 g/mol. The summed E-state index contributed by atoms with van der Waals surface area (Å²) in [7, 11) is 0. The molecule has 9 aromatic carbocycles. The first-order valence-electron chi connectivity index (χ1n) is 22.3. The second-order valence-corrected chi connectivity index (χ2v) is 17.0. The lowest BCUT2D eigenvalue weighted by atomic mass is 9.93. The van der Waals surface area contributed by atoms with Crippen LogP contribution in [0.2, 0.25) is 0 Å². The number of nitrogens with zero attached hydrogens (tertiary/aromatic N) is 8. The number of fused-ring (bicyclic) bond motifs is 6. The molecule has 0 saturated carbocycles. The van der Waals surface area contributed by atoms with E-state index in [9.17, 15) is 34.2 Å². The molecule has 0 spiro atoms. The molecule has 0 fully saturated rings. The number of para-hydroxylation sites is 2. The van der Waals surface area contributed by atoms with E-state index in [4.69, 9.17) is 13.1 Å². The molecule has 0 bridgehead atoms. The molecule has 2 heterocycles. The topological polar surface area (TPSA) is 114 Å². The minimum atomic E-state index is -4.67. The van der Waals surface area contributed by atoms with Crippen molar-refractivity contribution in [1.82, 2.24) is 9.13 Å². The highest BCUT2D eigenvalue weighted by atomic mass is 19.4. The Bertz CT molecular complexity index is 4420. The molecular weight excluding hydrogens is 902 g/mol. The smallest absolute Gasteiger partial charge is 0.309 e. The Balaban J connectivity index is 1.20. The van der Waals surface area contributed by atoms with Gasteiger partial charge in [-0.15, -0.1) is 0 Å². The van der Waals surface area contributed by atoms with Gasteiger partial charge in [0.2, 0.25) is 0 Å². The first-order valence-corrected chi connectivity index (χ1v) is 22.3. The van der Waals surface area contributed by atoms with Gasteiger partial charge in [0, 0.05) is 32.7 Å². The van der Waals surface area contributed by atoms with Gasteiger partial charge in [0.05, 0.1) is 98.7 Å². The maximum atomic E-state index is 14.0. The molecule has 0 aliphatic carbocycles.